The largest absolute Gasteiger partial charge is 0.493 e. The third-order valence-corrected chi connectivity index (χ3v) is 7.08. The van der Waals surface area contributed by atoms with E-state index in [0.29, 0.717) is 12.5 Å². The molecule has 1 N–H and O–H groups in total. The molecule has 0 saturated heterocycles. The van der Waals surface area contributed by atoms with E-state index in [1.165, 1.54) is 16.7 Å². The monoisotopic (exact) mass is 483 g/mol. The number of carboxylic acids is 1. The molecule has 2 unspecified atom stereocenters. The Hall–Kier alpha value is -3.29. The van der Waals surface area contributed by atoms with Crippen molar-refractivity contribution in [1.82, 2.24) is 4.90 Å². The molecule has 0 saturated carbocycles. The summed E-state index contributed by atoms with van der Waals surface area (Å²) in [6.45, 7) is 7.64. The molecule has 36 heavy (non-hydrogen) atoms. The number of aliphatic carboxylic acids is 1. The van der Waals surface area contributed by atoms with Gasteiger partial charge in [0.1, 0.15) is 6.61 Å². The van der Waals surface area contributed by atoms with Gasteiger partial charge < -0.3 is 9.84 Å². The van der Waals surface area contributed by atoms with Crippen LogP contribution in [-0.2, 0) is 22.7 Å². The van der Waals surface area contributed by atoms with E-state index in [0.717, 1.165) is 62.2 Å². The molecule has 4 nitrogen and oxygen atoms in total. The van der Waals surface area contributed by atoms with E-state index < -0.39 is 5.97 Å². The van der Waals surface area contributed by atoms with Crippen molar-refractivity contribution in [2.75, 3.05) is 13.1 Å². The molecule has 0 amide bonds. The SMILES string of the molecule is CC#CC(CC(=O)O)C1=CC=C(OCc2ccc(CN3CC=C(C4=CC(C)CC=C4)CC3)cc2)CC1. The molecule has 1 aromatic carbocycles. The fourth-order valence-corrected chi connectivity index (χ4v) is 5.01. The number of rotatable bonds is 9. The summed E-state index contributed by atoms with van der Waals surface area (Å²) in [5.74, 6) is 6.44. The summed E-state index contributed by atoms with van der Waals surface area (Å²) in [6.07, 6.45) is 17.2. The number of benzene rings is 1. The van der Waals surface area contributed by atoms with Crippen LogP contribution in [0.5, 0.6) is 0 Å². The van der Waals surface area contributed by atoms with Crippen LogP contribution in [0.25, 0.3) is 0 Å². The molecule has 0 aromatic heterocycles. The number of hydrogen-bond donors (Lipinski definition) is 1. The van der Waals surface area contributed by atoms with E-state index >= 15 is 0 Å². The van der Waals surface area contributed by atoms with E-state index in [1.54, 1.807) is 6.92 Å². The number of ether oxygens (including phenoxy) is 1. The summed E-state index contributed by atoms with van der Waals surface area (Å²) in [6, 6.07) is 8.73. The molecule has 1 heterocycles. The lowest BCUT2D eigenvalue weighted by Gasteiger charge is -2.27. The van der Waals surface area contributed by atoms with Gasteiger partial charge in [0.05, 0.1) is 18.1 Å². The molecule has 2 aliphatic carbocycles. The Balaban J connectivity index is 1.25. The highest BCUT2D eigenvalue weighted by molar-refractivity contribution is 5.68. The summed E-state index contributed by atoms with van der Waals surface area (Å²) in [5.41, 5.74) is 6.47. The molecule has 3 aliphatic rings. The number of carbonyl (C=O) groups is 1. The number of carboxylic acid groups (broad SMARTS) is 1. The van der Waals surface area contributed by atoms with Crippen LogP contribution in [0.15, 0.2) is 83.2 Å². The van der Waals surface area contributed by atoms with Gasteiger partial charge in [-0.2, -0.15) is 0 Å². The zero-order valence-electron chi connectivity index (χ0n) is 21.5. The molecule has 4 heteroatoms. The van der Waals surface area contributed by atoms with Gasteiger partial charge in [-0.25, -0.2) is 0 Å². The molecule has 188 valence electrons. The second-order valence-corrected chi connectivity index (χ2v) is 9.98. The second kappa shape index (κ2) is 12.6. The average Bonchev–Trinajstić information content (AvgIpc) is 2.89. The summed E-state index contributed by atoms with van der Waals surface area (Å²) < 4.78 is 6.04. The van der Waals surface area contributed by atoms with Crippen molar-refractivity contribution in [3.63, 3.8) is 0 Å². The molecule has 1 aliphatic heterocycles. The molecule has 1 aromatic rings. The van der Waals surface area contributed by atoms with Gasteiger partial charge in [-0.3, -0.25) is 9.69 Å². The normalized spacial score (nSPS) is 20.8. The minimum Gasteiger partial charge on any atom is -0.493 e. The predicted octanol–water partition coefficient (Wildman–Crippen LogP) is 6.58. The van der Waals surface area contributed by atoms with Gasteiger partial charge in [0.2, 0.25) is 0 Å². The molecule has 2 atom stereocenters. The lowest BCUT2D eigenvalue weighted by molar-refractivity contribution is -0.137. The van der Waals surface area contributed by atoms with Crippen LogP contribution in [-0.4, -0.2) is 29.1 Å². The maximum atomic E-state index is 11.1. The van der Waals surface area contributed by atoms with Crippen molar-refractivity contribution in [3.8, 4) is 11.8 Å². The summed E-state index contributed by atoms with van der Waals surface area (Å²) in [7, 11) is 0. The van der Waals surface area contributed by atoms with E-state index in [4.69, 9.17) is 9.84 Å². The van der Waals surface area contributed by atoms with Crippen LogP contribution in [0.2, 0.25) is 0 Å². The Labute approximate surface area is 215 Å². The molecule has 0 bridgehead atoms. The third-order valence-electron chi connectivity index (χ3n) is 7.08. The topological polar surface area (TPSA) is 49.8 Å². The summed E-state index contributed by atoms with van der Waals surface area (Å²) >= 11 is 0. The van der Waals surface area contributed by atoms with Gasteiger partial charge >= 0.3 is 5.97 Å². The van der Waals surface area contributed by atoms with Crippen molar-refractivity contribution in [3.05, 3.63) is 94.3 Å². The highest BCUT2D eigenvalue weighted by Crippen LogP contribution is 2.28. The van der Waals surface area contributed by atoms with Crippen molar-refractivity contribution >= 4 is 5.97 Å². The number of nitrogens with zero attached hydrogens (tertiary/aromatic N) is 1. The minimum absolute atomic E-state index is 0.0483. The van der Waals surface area contributed by atoms with Crippen LogP contribution in [0, 0.1) is 23.7 Å². The zero-order chi connectivity index (χ0) is 25.3. The second-order valence-electron chi connectivity index (χ2n) is 9.98. The fraction of sp³-hybridized carbons (Fsp3) is 0.406. The number of hydrogen-bond acceptors (Lipinski definition) is 3. The zero-order valence-corrected chi connectivity index (χ0v) is 21.5. The first-order chi connectivity index (χ1) is 17.5. The van der Waals surface area contributed by atoms with Crippen molar-refractivity contribution in [2.24, 2.45) is 11.8 Å². The Kier molecular flexibility index (Phi) is 9.03. The van der Waals surface area contributed by atoms with Crippen molar-refractivity contribution in [2.45, 2.75) is 59.1 Å². The van der Waals surface area contributed by atoms with Crippen LogP contribution in [0.4, 0.5) is 0 Å². The Bertz CT molecular complexity index is 1150. The molecule has 0 fully saturated rings. The maximum absolute atomic E-state index is 11.1. The highest BCUT2D eigenvalue weighted by Gasteiger charge is 2.19. The number of allylic oxidation sites excluding steroid dienone is 8. The first-order valence-corrected chi connectivity index (χ1v) is 13.0. The van der Waals surface area contributed by atoms with Crippen LogP contribution in [0.1, 0.15) is 57.1 Å². The Morgan fingerprint density at radius 3 is 2.61 bits per heavy atom. The van der Waals surface area contributed by atoms with Gasteiger partial charge in [0, 0.05) is 26.1 Å². The van der Waals surface area contributed by atoms with Gasteiger partial charge in [-0.05, 0) is 60.5 Å². The molecule has 4 rings (SSSR count). The van der Waals surface area contributed by atoms with Crippen LogP contribution in [0.3, 0.4) is 0 Å². The van der Waals surface area contributed by atoms with Gasteiger partial charge in [-0.15, -0.1) is 5.92 Å². The van der Waals surface area contributed by atoms with E-state index in [1.807, 2.05) is 12.2 Å². The van der Waals surface area contributed by atoms with E-state index in [-0.39, 0.29) is 12.3 Å². The molecular formula is C32H37NO3. The molecular weight excluding hydrogens is 446 g/mol. The summed E-state index contributed by atoms with van der Waals surface area (Å²) in [4.78, 5) is 13.6. The Morgan fingerprint density at radius 2 is 1.97 bits per heavy atom. The van der Waals surface area contributed by atoms with Gasteiger partial charge in [0.15, 0.2) is 0 Å². The van der Waals surface area contributed by atoms with Gasteiger partial charge in [-0.1, -0.05) is 73.1 Å². The third kappa shape index (κ3) is 7.35. The van der Waals surface area contributed by atoms with Crippen LogP contribution >= 0.6 is 0 Å². The van der Waals surface area contributed by atoms with Crippen molar-refractivity contribution in [1.29, 1.82) is 0 Å². The lowest BCUT2D eigenvalue weighted by Crippen LogP contribution is -2.28. The van der Waals surface area contributed by atoms with Crippen LogP contribution < -0.4 is 0 Å². The minimum atomic E-state index is -0.816. The Morgan fingerprint density at radius 1 is 1.17 bits per heavy atom. The van der Waals surface area contributed by atoms with E-state index in [9.17, 15) is 4.79 Å². The fourth-order valence-electron chi connectivity index (χ4n) is 5.01. The average molecular weight is 484 g/mol. The standard InChI is InChI=1S/C32H37NO3/c1-3-5-29(21-32(34)35)27-12-14-31(15-13-27)36-23-26-10-8-25(9-11-26)22-33-18-16-28(17-19-33)30-7-4-6-24(2)20-30/h4,7-12,14,16,20,24,29H,6,13,15,17-19,21-23H2,1-2H3,(H,34,35). The predicted molar refractivity (Wildman–Crippen MR) is 145 cm³/mol. The maximum Gasteiger partial charge on any atom is 0.304 e. The van der Waals surface area contributed by atoms with E-state index in [2.05, 4.69) is 72.2 Å². The quantitative estimate of drug-likeness (QED) is 0.403. The lowest BCUT2D eigenvalue weighted by atomic mass is 9.89. The first-order valence-electron chi connectivity index (χ1n) is 13.0. The van der Waals surface area contributed by atoms with Crippen molar-refractivity contribution < 1.29 is 14.6 Å². The smallest absolute Gasteiger partial charge is 0.304 e. The summed E-state index contributed by atoms with van der Waals surface area (Å²) in [5, 5.41) is 9.14. The molecule has 0 spiro atoms. The highest BCUT2D eigenvalue weighted by atomic mass is 16.5. The first kappa shape index (κ1) is 25.8. The molecule has 0 radical (unpaired) electrons. The van der Waals surface area contributed by atoms with Gasteiger partial charge in [0.25, 0.3) is 0 Å².